The van der Waals surface area contributed by atoms with Gasteiger partial charge in [-0.2, -0.15) is 18.3 Å². The lowest BCUT2D eigenvalue weighted by atomic mass is 9.99. The van der Waals surface area contributed by atoms with Crippen LogP contribution < -0.4 is 0 Å². The van der Waals surface area contributed by atoms with Crippen molar-refractivity contribution in [3.63, 3.8) is 0 Å². The van der Waals surface area contributed by atoms with E-state index in [-0.39, 0.29) is 23.5 Å². The summed E-state index contributed by atoms with van der Waals surface area (Å²) in [5.41, 5.74) is 0.127. The highest BCUT2D eigenvalue weighted by molar-refractivity contribution is 5.81. The Morgan fingerprint density at radius 3 is 2.64 bits per heavy atom. The predicted molar refractivity (Wildman–Crippen MR) is 83.8 cm³/mol. The lowest BCUT2D eigenvalue weighted by Crippen LogP contribution is -2.39. The van der Waals surface area contributed by atoms with E-state index in [9.17, 15) is 18.0 Å². The molecule has 134 valence electrons. The number of hydrogen-bond donors (Lipinski definition) is 0. The van der Waals surface area contributed by atoms with Crippen LogP contribution >= 0.6 is 0 Å². The van der Waals surface area contributed by atoms with E-state index in [0.717, 1.165) is 42.7 Å². The number of alkyl halides is 3. The van der Waals surface area contributed by atoms with Gasteiger partial charge in [-0.3, -0.25) is 4.79 Å². The van der Waals surface area contributed by atoms with Gasteiger partial charge in [0.25, 0.3) is 0 Å². The van der Waals surface area contributed by atoms with Crippen molar-refractivity contribution in [2.24, 2.45) is 5.92 Å². The second-order valence-corrected chi connectivity index (χ2v) is 6.94. The van der Waals surface area contributed by atoms with Crippen LogP contribution in [-0.4, -0.2) is 31.9 Å². The van der Waals surface area contributed by atoms with Gasteiger partial charge in [-0.15, -0.1) is 0 Å². The van der Waals surface area contributed by atoms with E-state index in [0.29, 0.717) is 17.9 Å². The fourth-order valence-corrected chi connectivity index (χ4v) is 3.55. The van der Waals surface area contributed by atoms with Crippen LogP contribution in [0.15, 0.2) is 12.1 Å². The Hall–Kier alpha value is -2.12. The number of aryl methyl sites for hydroxylation is 1. The maximum Gasteiger partial charge on any atom is 0.433 e. The summed E-state index contributed by atoms with van der Waals surface area (Å²) in [5, 5.41) is 4.20. The van der Waals surface area contributed by atoms with Gasteiger partial charge in [0.05, 0.1) is 11.7 Å². The Balaban J connectivity index is 1.76. The van der Waals surface area contributed by atoms with E-state index in [4.69, 9.17) is 0 Å². The maximum absolute atomic E-state index is 13.3. The number of carbonyl (C=O) groups is 1. The fourth-order valence-electron chi connectivity index (χ4n) is 3.55. The SMILES string of the molecule is Cc1cc(C(F)(F)F)n2nc([C@H]3CCCCN3C(=O)C3CC3)cc2n1. The molecule has 1 aliphatic heterocycles. The molecule has 8 heteroatoms. The molecule has 0 radical (unpaired) electrons. The van der Waals surface area contributed by atoms with Crippen molar-refractivity contribution in [1.82, 2.24) is 19.5 Å². The van der Waals surface area contributed by atoms with Crippen molar-refractivity contribution in [1.29, 1.82) is 0 Å². The number of rotatable bonds is 2. The summed E-state index contributed by atoms with van der Waals surface area (Å²) >= 11 is 0. The Morgan fingerprint density at radius 2 is 1.96 bits per heavy atom. The molecule has 2 aromatic rings. The third kappa shape index (κ3) is 2.98. The zero-order valence-corrected chi connectivity index (χ0v) is 13.9. The number of aromatic nitrogens is 3. The summed E-state index contributed by atoms with van der Waals surface area (Å²) in [6.45, 7) is 2.18. The van der Waals surface area contributed by atoms with Gasteiger partial charge in [0.1, 0.15) is 5.69 Å². The van der Waals surface area contributed by atoms with Crippen molar-refractivity contribution in [3.8, 4) is 0 Å². The normalized spacial score (nSPS) is 21.8. The number of carbonyl (C=O) groups excluding carboxylic acids is 1. The first-order valence-electron chi connectivity index (χ1n) is 8.59. The molecule has 1 aliphatic carbocycles. The molecular weight excluding hydrogens is 333 g/mol. The van der Waals surface area contributed by atoms with Gasteiger partial charge in [0.2, 0.25) is 5.91 Å². The van der Waals surface area contributed by atoms with Crippen LogP contribution in [0.2, 0.25) is 0 Å². The maximum atomic E-state index is 13.3. The molecule has 5 nitrogen and oxygen atoms in total. The van der Waals surface area contributed by atoms with Crippen LogP contribution in [-0.2, 0) is 11.0 Å². The van der Waals surface area contributed by atoms with Gasteiger partial charge in [-0.05, 0) is 45.1 Å². The van der Waals surface area contributed by atoms with E-state index < -0.39 is 11.9 Å². The summed E-state index contributed by atoms with van der Waals surface area (Å²) in [6.07, 6.45) is -0.106. The molecular formula is C17H19F3N4O. The molecule has 4 rings (SSSR count). The van der Waals surface area contributed by atoms with Crippen molar-refractivity contribution < 1.29 is 18.0 Å². The average molecular weight is 352 g/mol. The van der Waals surface area contributed by atoms with Crippen LogP contribution in [0.25, 0.3) is 5.65 Å². The van der Waals surface area contributed by atoms with E-state index in [1.807, 2.05) is 4.90 Å². The molecule has 1 amide bonds. The lowest BCUT2D eigenvalue weighted by Gasteiger charge is -2.35. The monoisotopic (exact) mass is 352 g/mol. The Morgan fingerprint density at radius 1 is 1.20 bits per heavy atom. The number of hydrogen-bond acceptors (Lipinski definition) is 3. The van der Waals surface area contributed by atoms with E-state index in [1.165, 1.54) is 6.92 Å². The summed E-state index contributed by atoms with van der Waals surface area (Å²) in [5.74, 6) is 0.200. The topological polar surface area (TPSA) is 50.5 Å². The Labute approximate surface area is 142 Å². The number of halogens is 3. The first-order valence-corrected chi connectivity index (χ1v) is 8.59. The molecule has 1 atom stereocenters. The van der Waals surface area contributed by atoms with Gasteiger partial charge in [-0.25, -0.2) is 9.50 Å². The standard InChI is InChI=1S/C17H19F3N4O/c1-10-8-14(17(18,19)20)24-15(21-10)9-12(22-24)13-4-2-3-7-23(13)16(25)11-5-6-11/h8-9,11,13H,2-7H2,1H3/t13-/m1/s1. The minimum absolute atomic E-state index is 0.0868. The molecule has 2 aromatic heterocycles. The minimum Gasteiger partial charge on any atom is -0.334 e. The number of fused-ring (bicyclic) bond motifs is 1. The third-order valence-corrected chi connectivity index (χ3v) is 4.92. The van der Waals surface area contributed by atoms with Crippen molar-refractivity contribution in [2.45, 2.75) is 51.2 Å². The van der Waals surface area contributed by atoms with E-state index in [2.05, 4.69) is 10.1 Å². The van der Waals surface area contributed by atoms with Crippen LogP contribution in [0.4, 0.5) is 13.2 Å². The highest BCUT2D eigenvalue weighted by atomic mass is 19.4. The highest BCUT2D eigenvalue weighted by Gasteiger charge is 2.39. The second kappa shape index (κ2) is 5.71. The molecule has 0 aromatic carbocycles. The first kappa shape index (κ1) is 16.4. The summed E-state index contributed by atoms with van der Waals surface area (Å²) in [6, 6.07) is 2.33. The zero-order chi connectivity index (χ0) is 17.8. The molecule has 1 saturated heterocycles. The molecule has 0 unspecified atom stereocenters. The number of piperidine rings is 1. The fraction of sp³-hybridized carbons (Fsp3) is 0.588. The van der Waals surface area contributed by atoms with Crippen molar-refractivity contribution >= 4 is 11.6 Å². The second-order valence-electron chi connectivity index (χ2n) is 6.94. The van der Waals surface area contributed by atoms with Crippen LogP contribution in [0, 0.1) is 12.8 Å². The predicted octanol–water partition coefficient (Wildman–Crippen LogP) is 3.52. The zero-order valence-electron chi connectivity index (χ0n) is 13.9. The summed E-state index contributed by atoms with van der Waals surface area (Å²) < 4.78 is 40.8. The van der Waals surface area contributed by atoms with Crippen LogP contribution in [0.1, 0.15) is 55.2 Å². The van der Waals surface area contributed by atoms with Gasteiger partial charge in [-0.1, -0.05) is 0 Å². The van der Waals surface area contributed by atoms with Crippen LogP contribution in [0.5, 0.6) is 0 Å². The molecule has 3 heterocycles. The largest absolute Gasteiger partial charge is 0.433 e. The Kier molecular flexibility index (Phi) is 3.73. The van der Waals surface area contributed by atoms with Crippen LogP contribution in [0.3, 0.4) is 0 Å². The van der Waals surface area contributed by atoms with Gasteiger partial charge in [0.15, 0.2) is 5.65 Å². The average Bonchev–Trinajstić information content (AvgIpc) is 3.32. The van der Waals surface area contributed by atoms with Gasteiger partial charge >= 0.3 is 6.18 Å². The smallest absolute Gasteiger partial charge is 0.334 e. The molecule has 2 fully saturated rings. The van der Waals surface area contributed by atoms with Gasteiger partial charge in [0, 0.05) is 24.2 Å². The Bertz CT molecular complexity index is 825. The molecule has 0 bridgehead atoms. The van der Waals surface area contributed by atoms with E-state index >= 15 is 0 Å². The molecule has 0 spiro atoms. The first-order chi connectivity index (χ1) is 11.8. The lowest BCUT2D eigenvalue weighted by molar-refractivity contribution is -0.143. The number of amides is 1. The van der Waals surface area contributed by atoms with Crippen molar-refractivity contribution in [3.05, 3.63) is 29.2 Å². The molecule has 1 saturated carbocycles. The molecule has 25 heavy (non-hydrogen) atoms. The minimum atomic E-state index is -4.51. The number of likely N-dealkylation sites (tertiary alicyclic amines) is 1. The van der Waals surface area contributed by atoms with Gasteiger partial charge < -0.3 is 4.90 Å². The van der Waals surface area contributed by atoms with E-state index in [1.54, 1.807) is 6.07 Å². The highest BCUT2D eigenvalue weighted by Crippen LogP contribution is 2.38. The van der Waals surface area contributed by atoms with Crippen molar-refractivity contribution in [2.75, 3.05) is 6.54 Å². The summed E-state index contributed by atoms with van der Waals surface area (Å²) in [7, 11) is 0. The molecule has 2 aliphatic rings. The number of nitrogens with zero attached hydrogens (tertiary/aromatic N) is 4. The molecule has 0 N–H and O–H groups in total. The third-order valence-electron chi connectivity index (χ3n) is 4.92. The quantitative estimate of drug-likeness (QED) is 0.831. The summed E-state index contributed by atoms with van der Waals surface area (Å²) in [4.78, 5) is 18.5.